The maximum atomic E-state index is 12.1. The number of aryl methyl sites for hydroxylation is 1. The largest absolute Gasteiger partial charge is 0.299 e. The SMILES string of the molecule is Cc1cccc(C(=O)CN(C)CC2CCCC2)c1. The van der Waals surface area contributed by atoms with E-state index in [4.69, 9.17) is 0 Å². The van der Waals surface area contributed by atoms with Crippen LogP contribution in [0, 0.1) is 12.8 Å². The van der Waals surface area contributed by atoms with Crippen molar-refractivity contribution in [1.82, 2.24) is 4.90 Å². The van der Waals surface area contributed by atoms with E-state index in [0.717, 1.165) is 23.6 Å². The molecule has 0 unspecified atom stereocenters. The van der Waals surface area contributed by atoms with Crippen molar-refractivity contribution in [2.45, 2.75) is 32.6 Å². The van der Waals surface area contributed by atoms with Crippen LogP contribution in [-0.2, 0) is 0 Å². The fourth-order valence-corrected chi connectivity index (χ4v) is 2.85. The molecular formula is C16H23NO. The van der Waals surface area contributed by atoms with Crippen LogP contribution in [-0.4, -0.2) is 30.8 Å². The van der Waals surface area contributed by atoms with Crippen molar-refractivity contribution < 1.29 is 4.79 Å². The highest BCUT2D eigenvalue weighted by molar-refractivity contribution is 5.97. The molecule has 1 aliphatic rings. The molecular weight excluding hydrogens is 222 g/mol. The molecule has 0 amide bonds. The van der Waals surface area contributed by atoms with Crippen molar-refractivity contribution in [1.29, 1.82) is 0 Å². The molecule has 0 N–H and O–H groups in total. The topological polar surface area (TPSA) is 20.3 Å². The zero-order chi connectivity index (χ0) is 13.0. The number of hydrogen-bond acceptors (Lipinski definition) is 2. The summed E-state index contributed by atoms with van der Waals surface area (Å²) < 4.78 is 0. The molecule has 0 spiro atoms. The molecule has 1 saturated carbocycles. The average molecular weight is 245 g/mol. The Balaban J connectivity index is 1.86. The summed E-state index contributed by atoms with van der Waals surface area (Å²) in [5, 5.41) is 0. The summed E-state index contributed by atoms with van der Waals surface area (Å²) in [6, 6.07) is 7.88. The molecule has 0 radical (unpaired) electrons. The summed E-state index contributed by atoms with van der Waals surface area (Å²) in [6.07, 6.45) is 5.40. The third-order valence-corrected chi connectivity index (χ3v) is 3.80. The molecule has 0 saturated heterocycles. The van der Waals surface area contributed by atoms with Gasteiger partial charge in [0.25, 0.3) is 0 Å². The summed E-state index contributed by atoms with van der Waals surface area (Å²) >= 11 is 0. The minimum Gasteiger partial charge on any atom is -0.299 e. The highest BCUT2D eigenvalue weighted by Gasteiger charge is 2.18. The Labute approximate surface area is 110 Å². The molecule has 2 nitrogen and oxygen atoms in total. The van der Waals surface area contributed by atoms with Crippen LogP contribution in [0.15, 0.2) is 24.3 Å². The van der Waals surface area contributed by atoms with Gasteiger partial charge in [-0.1, -0.05) is 36.6 Å². The first kappa shape index (κ1) is 13.3. The second kappa shape index (κ2) is 6.14. The molecule has 2 heteroatoms. The van der Waals surface area contributed by atoms with Crippen molar-refractivity contribution >= 4 is 5.78 Å². The molecule has 0 bridgehead atoms. The first-order valence-corrected chi connectivity index (χ1v) is 6.93. The lowest BCUT2D eigenvalue weighted by Gasteiger charge is -2.20. The van der Waals surface area contributed by atoms with E-state index in [2.05, 4.69) is 11.9 Å². The Bertz CT molecular complexity index is 407. The van der Waals surface area contributed by atoms with Crippen molar-refractivity contribution in [3.05, 3.63) is 35.4 Å². The smallest absolute Gasteiger partial charge is 0.176 e. The van der Waals surface area contributed by atoms with Gasteiger partial charge in [0, 0.05) is 12.1 Å². The van der Waals surface area contributed by atoms with Crippen molar-refractivity contribution in [2.24, 2.45) is 5.92 Å². The zero-order valence-corrected chi connectivity index (χ0v) is 11.5. The third-order valence-electron chi connectivity index (χ3n) is 3.80. The van der Waals surface area contributed by atoms with Crippen molar-refractivity contribution in [3.63, 3.8) is 0 Å². The molecule has 0 atom stereocenters. The van der Waals surface area contributed by atoms with Crippen LogP contribution < -0.4 is 0 Å². The fourth-order valence-electron chi connectivity index (χ4n) is 2.85. The number of carbonyl (C=O) groups excluding carboxylic acids is 1. The zero-order valence-electron chi connectivity index (χ0n) is 11.5. The molecule has 0 aromatic heterocycles. The van der Waals surface area contributed by atoms with Crippen LogP contribution in [0.2, 0.25) is 0 Å². The van der Waals surface area contributed by atoms with Crippen molar-refractivity contribution in [3.8, 4) is 0 Å². The van der Waals surface area contributed by atoms with Gasteiger partial charge in [0.05, 0.1) is 6.54 Å². The fraction of sp³-hybridized carbons (Fsp3) is 0.562. The minimum atomic E-state index is 0.235. The molecule has 2 rings (SSSR count). The van der Waals surface area contributed by atoms with Crippen LogP contribution in [0.5, 0.6) is 0 Å². The lowest BCUT2D eigenvalue weighted by Crippen LogP contribution is -2.30. The summed E-state index contributed by atoms with van der Waals surface area (Å²) in [7, 11) is 2.06. The van der Waals surface area contributed by atoms with Gasteiger partial charge in [0.1, 0.15) is 0 Å². The number of Topliss-reactive ketones (excluding diaryl/α,β-unsaturated/α-hetero) is 1. The maximum Gasteiger partial charge on any atom is 0.176 e. The number of carbonyl (C=O) groups is 1. The minimum absolute atomic E-state index is 0.235. The lowest BCUT2D eigenvalue weighted by atomic mass is 10.1. The predicted octanol–water partition coefficient (Wildman–Crippen LogP) is 3.30. The molecule has 1 aromatic rings. The summed E-state index contributed by atoms with van der Waals surface area (Å²) in [6.45, 7) is 3.64. The predicted molar refractivity (Wildman–Crippen MR) is 75.0 cm³/mol. The summed E-state index contributed by atoms with van der Waals surface area (Å²) in [4.78, 5) is 14.3. The van der Waals surface area contributed by atoms with Crippen LogP contribution >= 0.6 is 0 Å². The molecule has 1 aliphatic carbocycles. The molecule has 0 heterocycles. The molecule has 1 fully saturated rings. The first-order chi connectivity index (χ1) is 8.65. The summed E-state index contributed by atoms with van der Waals surface area (Å²) in [5.74, 6) is 1.04. The van der Waals surface area contributed by atoms with E-state index < -0.39 is 0 Å². The lowest BCUT2D eigenvalue weighted by molar-refractivity contribution is 0.0938. The number of ketones is 1. The Morgan fingerprint density at radius 3 is 2.72 bits per heavy atom. The van der Waals surface area contributed by atoms with Gasteiger partial charge >= 0.3 is 0 Å². The van der Waals surface area contributed by atoms with Gasteiger partial charge < -0.3 is 0 Å². The Kier molecular flexibility index (Phi) is 4.54. The highest BCUT2D eigenvalue weighted by atomic mass is 16.1. The normalized spacial score (nSPS) is 16.4. The monoisotopic (exact) mass is 245 g/mol. The number of rotatable bonds is 5. The van der Waals surface area contributed by atoms with E-state index >= 15 is 0 Å². The van der Waals surface area contributed by atoms with Crippen LogP contribution in [0.25, 0.3) is 0 Å². The van der Waals surface area contributed by atoms with Crippen LogP contribution in [0.3, 0.4) is 0 Å². The standard InChI is InChI=1S/C16H23NO/c1-13-6-5-9-15(10-13)16(18)12-17(2)11-14-7-3-4-8-14/h5-6,9-10,14H,3-4,7-8,11-12H2,1-2H3. The van der Waals surface area contributed by atoms with Gasteiger partial charge in [-0.3, -0.25) is 9.69 Å². The van der Waals surface area contributed by atoms with Gasteiger partial charge in [-0.2, -0.15) is 0 Å². The molecule has 98 valence electrons. The maximum absolute atomic E-state index is 12.1. The van der Waals surface area contributed by atoms with E-state index in [1.807, 2.05) is 31.2 Å². The van der Waals surface area contributed by atoms with Gasteiger partial charge in [0.15, 0.2) is 5.78 Å². The van der Waals surface area contributed by atoms with E-state index in [1.165, 1.54) is 25.7 Å². The van der Waals surface area contributed by atoms with Crippen LogP contribution in [0.4, 0.5) is 0 Å². The second-order valence-electron chi connectivity index (χ2n) is 5.64. The van der Waals surface area contributed by atoms with Gasteiger partial charge in [-0.05, 0) is 38.8 Å². The number of nitrogens with zero attached hydrogens (tertiary/aromatic N) is 1. The average Bonchev–Trinajstić information content (AvgIpc) is 2.81. The van der Waals surface area contributed by atoms with Gasteiger partial charge in [-0.25, -0.2) is 0 Å². The molecule has 0 aliphatic heterocycles. The quantitative estimate of drug-likeness (QED) is 0.742. The van der Waals surface area contributed by atoms with Gasteiger partial charge in [-0.15, -0.1) is 0 Å². The Hall–Kier alpha value is -1.15. The Morgan fingerprint density at radius 2 is 2.06 bits per heavy atom. The van der Waals surface area contributed by atoms with E-state index in [9.17, 15) is 4.79 Å². The second-order valence-corrected chi connectivity index (χ2v) is 5.64. The van der Waals surface area contributed by atoms with E-state index in [0.29, 0.717) is 6.54 Å². The third kappa shape index (κ3) is 3.67. The molecule has 18 heavy (non-hydrogen) atoms. The van der Waals surface area contributed by atoms with E-state index in [-0.39, 0.29) is 5.78 Å². The Morgan fingerprint density at radius 1 is 1.33 bits per heavy atom. The number of benzene rings is 1. The van der Waals surface area contributed by atoms with Gasteiger partial charge in [0.2, 0.25) is 0 Å². The first-order valence-electron chi connectivity index (χ1n) is 6.93. The number of likely N-dealkylation sites (N-methyl/N-ethyl adjacent to an activating group) is 1. The van der Waals surface area contributed by atoms with Crippen LogP contribution in [0.1, 0.15) is 41.6 Å². The summed E-state index contributed by atoms with van der Waals surface area (Å²) in [5.41, 5.74) is 1.99. The highest BCUT2D eigenvalue weighted by Crippen LogP contribution is 2.25. The molecule has 1 aromatic carbocycles. The van der Waals surface area contributed by atoms with Crippen molar-refractivity contribution in [2.75, 3.05) is 20.1 Å². The number of hydrogen-bond donors (Lipinski definition) is 0. The van der Waals surface area contributed by atoms with E-state index in [1.54, 1.807) is 0 Å².